The SMILES string of the molecule is CC(C)Oc1ccc(NC(=O)C2CCC(C(=O)NC3CCCCC3)CC2)cc1. The number of carbonyl (C=O) groups is 2. The quantitative estimate of drug-likeness (QED) is 0.747. The average molecular weight is 387 g/mol. The van der Waals surface area contributed by atoms with Gasteiger partial charge in [0.15, 0.2) is 0 Å². The van der Waals surface area contributed by atoms with E-state index in [1.807, 2.05) is 38.1 Å². The molecule has 2 N–H and O–H groups in total. The fourth-order valence-corrected chi connectivity index (χ4v) is 4.32. The van der Waals surface area contributed by atoms with Crippen molar-refractivity contribution in [2.75, 3.05) is 5.32 Å². The Bertz CT molecular complexity index is 642. The standard InChI is InChI=1S/C23H34N2O3/c1-16(2)28-21-14-12-20(13-15-21)25-23(27)18-10-8-17(9-11-18)22(26)24-19-6-4-3-5-7-19/h12-19H,3-11H2,1-2H3,(H,24,26)(H,25,27). The zero-order valence-corrected chi connectivity index (χ0v) is 17.2. The molecule has 2 aliphatic rings. The minimum absolute atomic E-state index is 0.00896. The molecular weight excluding hydrogens is 352 g/mol. The fourth-order valence-electron chi connectivity index (χ4n) is 4.32. The molecule has 5 heteroatoms. The van der Waals surface area contributed by atoms with Gasteiger partial charge in [-0.1, -0.05) is 19.3 Å². The van der Waals surface area contributed by atoms with Gasteiger partial charge in [-0.3, -0.25) is 9.59 Å². The van der Waals surface area contributed by atoms with Gasteiger partial charge in [0.05, 0.1) is 6.10 Å². The molecule has 0 heterocycles. The Morgan fingerprint density at radius 1 is 0.857 bits per heavy atom. The number of ether oxygens (including phenoxy) is 1. The monoisotopic (exact) mass is 386 g/mol. The van der Waals surface area contributed by atoms with Gasteiger partial charge in [0.25, 0.3) is 0 Å². The van der Waals surface area contributed by atoms with E-state index in [-0.39, 0.29) is 29.8 Å². The van der Waals surface area contributed by atoms with Crippen LogP contribution in [-0.2, 0) is 9.59 Å². The van der Waals surface area contributed by atoms with Crippen LogP contribution in [-0.4, -0.2) is 24.0 Å². The second-order valence-electron chi connectivity index (χ2n) is 8.57. The highest BCUT2D eigenvalue weighted by molar-refractivity contribution is 5.92. The maximum Gasteiger partial charge on any atom is 0.227 e. The van der Waals surface area contributed by atoms with Crippen LogP contribution < -0.4 is 15.4 Å². The molecular formula is C23H34N2O3. The molecule has 0 spiro atoms. The van der Waals surface area contributed by atoms with E-state index in [1.54, 1.807) is 0 Å². The first-order chi connectivity index (χ1) is 13.5. The molecule has 0 aromatic heterocycles. The number of hydrogen-bond donors (Lipinski definition) is 2. The predicted octanol–water partition coefficient (Wildman–Crippen LogP) is 4.67. The second-order valence-corrected chi connectivity index (χ2v) is 8.57. The first kappa shape index (κ1) is 20.7. The number of anilines is 1. The van der Waals surface area contributed by atoms with Crippen LogP contribution in [0.3, 0.4) is 0 Å². The van der Waals surface area contributed by atoms with Crippen molar-refractivity contribution < 1.29 is 14.3 Å². The smallest absolute Gasteiger partial charge is 0.227 e. The lowest BCUT2D eigenvalue weighted by Crippen LogP contribution is -2.41. The zero-order valence-electron chi connectivity index (χ0n) is 17.2. The van der Waals surface area contributed by atoms with Gasteiger partial charge < -0.3 is 15.4 Å². The van der Waals surface area contributed by atoms with Crippen LogP contribution in [0, 0.1) is 11.8 Å². The van der Waals surface area contributed by atoms with Crippen molar-refractivity contribution in [1.29, 1.82) is 0 Å². The molecule has 2 amide bonds. The summed E-state index contributed by atoms with van der Waals surface area (Å²) in [5, 5.41) is 6.25. The van der Waals surface area contributed by atoms with Crippen molar-refractivity contribution in [3.8, 4) is 5.75 Å². The molecule has 0 radical (unpaired) electrons. The van der Waals surface area contributed by atoms with Crippen molar-refractivity contribution in [1.82, 2.24) is 5.32 Å². The summed E-state index contributed by atoms with van der Waals surface area (Å²) in [6.07, 6.45) is 9.27. The third-order valence-electron chi connectivity index (χ3n) is 5.91. The van der Waals surface area contributed by atoms with E-state index in [9.17, 15) is 9.59 Å². The zero-order chi connectivity index (χ0) is 19.9. The first-order valence-corrected chi connectivity index (χ1v) is 10.9. The largest absolute Gasteiger partial charge is 0.491 e. The van der Waals surface area contributed by atoms with Crippen LogP contribution in [0.15, 0.2) is 24.3 Å². The molecule has 2 aliphatic carbocycles. The van der Waals surface area contributed by atoms with E-state index in [2.05, 4.69) is 10.6 Å². The lowest BCUT2D eigenvalue weighted by molar-refractivity contribution is -0.129. The molecule has 1 aromatic carbocycles. The maximum atomic E-state index is 12.6. The molecule has 0 bridgehead atoms. The Labute approximate surface area is 168 Å². The minimum atomic E-state index is -0.00896. The second kappa shape index (κ2) is 9.94. The van der Waals surface area contributed by atoms with Crippen LogP contribution in [0.4, 0.5) is 5.69 Å². The summed E-state index contributed by atoms with van der Waals surface area (Å²) in [6.45, 7) is 3.98. The van der Waals surface area contributed by atoms with E-state index in [0.29, 0.717) is 6.04 Å². The highest BCUT2D eigenvalue weighted by Crippen LogP contribution is 2.30. The van der Waals surface area contributed by atoms with Crippen molar-refractivity contribution >= 4 is 17.5 Å². The fraction of sp³-hybridized carbons (Fsp3) is 0.652. The predicted molar refractivity (Wildman–Crippen MR) is 111 cm³/mol. The number of benzene rings is 1. The molecule has 0 saturated heterocycles. The van der Waals surface area contributed by atoms with Crippen molar-refractivity contribution in [2.45, 2.75) is 83.8 Å². The van der Waals surface area contributed by atoms with Gasteiger partial charge in [0.1, 0.15) is 5.75 Å². The van der Waals surface area contributed by atoms with Gasteiger partial charge >= 0.3 is 0 Å². The number of rotatable bonds is 6. The molecule has 5 nitrogen and oxygen atoms in total. The normalized spacial score (nSPS) is 23.2. The van der Waals surface area contributed by atoms with Gasteiger partial charge in [-0.15, -0.1) is 0 Å². The number of hydrogen-bond acceptors (Lipinski definition) is 3. The Kier molecular flexibility index (Phi) is 7.35. The van der Waals surface area contributed by atoms with Crippen molar-refractivity contribution in [3.05, 3.63) is 24.3 Å². The van der Waals surface area contributed by atoms with Crippen LogP contribution in [0.2, 0.25) is 0 Å². The molecule has 3 rings (SSSR count). The molecule has 2 fully saturated rings. The van der Waals surface area contributed by atoms with E-state index in [1.165, 1.54) is 19.3 Å². The molecule has 0 unspecified atom stereocenters. The molecule has 28 heavy (non-hydrogen) atoms. The van der Waals surface area contributed by atoms with Crippen LogP contribution in [0.25, 0.3) is 0 Å². The number of nitrogens with one attached hydrogen (secondary N) is 2. The molecule has 2 saturated carbocycles. The summed E-state index contributed by atoms with van der Waals surface area (Å²) in [5.74, 6) is 1.12. The van der Waals surface area contributed by atoms with E-state index in [0.717, 1.165) is 50.0 Å². The van der Waals surface area contributed by atoms with E-state index < -0.39 is 0 Å². The average Bonchev–Trinajstić information content (AvgIpc) is 2.70. The van der Waals surface area contributed by atoms with E-state index in [4.69, 9.17) is 4.74 Å². The number of carbonyl (C=O) groups excluding carboxylic acids is 2. The summed E-state index contributed by atoms with van der Waals surface area (Å²) < 4.78 is 5.63. The van der Waals surface area contributed by atoms with Gasteiger partial charge in [0, 0.05) is 23.6 Å². The first-order valence-electron chi connectivity index (χ1n) is 10.9. The topological polar surface area (TPSA) is 67.4 Å². The van der Waals surface area contributed by atoms with Crippen LogP contribution >= 0.6 is 0 Å². The summed E-state index contributed by atoms with van der Waals surface area (Å²) >= 11 is 0. The van der Waals surface area contributed by atoms with E-state index >= 15 is 0 Å². The van der Waals surface area contributed by atoms with Gasteiger partial charge in [0.2, 0.25) is 11.8 Å². The molecule has 0 atom stereocenters. The van der Waals surface area contributed by atoms with Crippen LogP contribution in [0.5, 0.6) is 5.75 Å². The molecule has 1 aromatic rings. The van der Waals surface area contributed by atoms with Gasteiger partial charge in [-0.05, 0) is 76.6 Å². The molecule has 154 valence electrons. The minimum Gasteiger partial charge on any atom is -0.491 e. The highest BCUT2D eigenvalue weighted by Gasteiger charge is 2.31. The lowest BCUT2D eigenvalue weighted by atomic mass is 9.80. The maximum absolute atomic E-state index is 12.6. The number of amides is 2. The van der Waals surface area contributed by atoms with Crippen molar-refractivity contribution in [2.24, 2.45) is 11.8 Å². The summed E-state index contributed by atoms with van der Waals surface area (Å²) in [6, 6.07) is 7.87. The summed E-state index contributed by atoms with van der Waals surface area (Å²) in [4.78, 5) is 25.1. The Hall–Kier alpha value is -2.04. The highest BCUT2D eigenvalue weighted by atomic mass is 16.5. The van der Waals surface area contributed by atoms with Crippen LogP contribution in [0.1, 0.15) is 71.6 Å². The Morgan fingerprint density at radius 3 is 2.00 bits per heavy atom. The third kappa shape index (κ3) is 5.98. The molecule has 0 aliphatic heterocycles. The van der Waals surface area contributed by atoms with Gasteiger partial charge in [-0.2, -0.15) is 0 Å². The third-order valence-corrected chi connectivity index (χ3v) is 5.91. The van der Waals surface area contributed by atoms with Crippen molar-refractivity contribution in [3.63, 3.8) is 0 Å². The lowest BCUT2D eigenvalue weighted by Gasteiger charge is -2.29. The summed E-state index contributed by atoms with van der Waals surface area (Å²) in [7, 11) is 0. The Morgan fingerprint density at radius 2 is 1.43 bits per heavy atom. The Balaban J connectivity index is 1.42. The summed E-state index contributed by atoms with van der Waals surface area (Å²) in [5.41, 5.74) is 0.790. The van der Waals surface area contributed by atoms with Gasteiger partial charge in [-0.25, -0.2) is 0 Å².